The van der Waals surface area contributed by atoms with E-state index in [1.54, 1.807) is 6.20 Å². The van der Waals surface area contributed by atoms with Gasteiger partial charge in [-0.15, -0.1) is 0 Å². The van der Waals surface area contributed by atoms with Crippen LogP contribution in [-0.2, 0) is 0 Å². The Morgan fingerprint density at radius 3 is 2.67 bits per heavy atom. The van der Waals surface area contributed by atoms with E-state index in [0.717, 1.165) is 29.6 Å². The molecular weight excluding hydrogens is 222 g/mol. The van der Waals surface area contributed by atoms with Crippen LogP contribution in [0.2, 0.25) is 0 Å². The van der Waals surface area contributed by atoms with Gasteiger partial charge in [0.15, 0.2) is 0 Å². The second-order valence-corrected chi connectivity index (χ2v) is 4.78. The van der Waals surface area contributed by atoms with Crippen molar-refractivity contribution in [3.05, 3.63) is 42.2 Å². The summed E-state index contributed by atoms with van der Waals surface area (Å²) in [4.78, 5) is 6.57. The highest BCUT2D eigenvalue weighted by molar-refractivity contribution is 6.06. The first kappa shape index (κ1) is 11.2. The molecule has 1 aromatic heterocycles. The molecule has 0 atom stereocenters. The van der Waals surface area contributed by atoms with E-state index in [1.807, 2.05) is 18.2 Å². The molecule has 18 heavy (non-hydrogen) atoms. The summed E-state index contributed by atoms with van der Waals surface area (Å²) in [5, 5.41) is 10.6. The van der Waals surface area contributed by atoms with E-state index in [0.29, 0.717) is 5.84 Å². The van der Waals surface area contributed by atoms with Crippen LogP contribution in [-0.4, -0.2) is 28.8 Å². The van der Waals surface area contributed by atoms with Gasteiger partial charge in [0.2, 0.25) is 0 Å². The Kier molecular flexibility index (Phi) is 2.97. The SMILES string of the molecule is N=C(c1nccc2ccccc12)N1CCCCC1. The lowest BCUT2D eigenvalue weighted by Gasteiger charge is -2.28. The third-order valence-electron chi connectivity index (χ3n) is 3.57. The van der Waals surface area contributed by atoms with Crippen LogP contribution in [0.3, 0.4) is 0 Å². The van der Waals surface area contributed by atoms with E-state index < -0.39 is 0 Å². The van der Waals surface area contributed by atoms with E-state index >= 15 is 0 Å². The maximum atomic E-state index is 8.37. The molecule has 2 heterocycles. The van der Waals surface area contributed by atoms with Crippen molar-refractivity contribution < 1.29 is 0 Å². The lowest BCUT2D eigenvalue weighted by molar-refractivity contribution is 0.340. The van der Waals surface area contributed by atoms with E-state index in [2.05, 4.69) is 22.0 Å². The molecule has 0 amide bonds. The Bertz CT molecular complexity index is 565. The minimum atomic E-state index is 0.575. The van der Waals surface area contributed by atoms with Crippen LogP contribution in [0, 0.1) is 5.41 Å². The van der Waals surface area contributed by atoms with Crippen LogP contribution in [0.1, 0.15) is 25.0 Å². The van der Waals surface area contributed by atoms with Gasteiger partial charge in [0.25, 0.3) is 0 Å². The molecule has 3 heteroatoms. The number of nitrogens with one attached hydrogen (secondary N) is 1. The zero-order valence-electron chi connectivity index (χ0n) is 10.4. The largest absolute Gasteiger partial charge is 0.355 e. The summed E-state index contributed by atoms with van der Waals surface area (Å²) in [7, 11) is 0. The molecule has 0 aliphatic carbocycles. The molecule has 0 unspecified atom stereocenters. The molecule has 0 radical (unpaired) electrons. The van der Waals surface area contributed by atoms with Crippen molar-refractivity contribution >= 4 is 16.6 Å². The minimum absolute atomic E-state index is 0.575. The van der Waals surface area contributed by atoms with E-state index in [4.69, 9.17) is 5.41 Å². The van der Waals surface area contributed by atoms with Crippen LogP contribution in [0.5, 0.6) is 0 Å². The molecule has 0 saturated carbocycles. The number of nitrogens with zero attached hydrogens (tertiary/aromatic N) is 2. The Labute approximate surface area is 107 Å². The van der Waals surface area contributed by atoms with Crippen molar-refractivity contribution in [1.29, 1.82) is 5.41 Å². The van der Waals surface area contributed by atoms with Crippen molar-refractivity contribution in [2.75, 3.05) is 13.1 Å². The summed E-state index contributed by atoms with van der Waals surface area (Å²) < 4.78 is 0. The van der Waals surface area contributed by atoms with Crippen molar-refractivity contribution in [2.45, 2.75) is 19.3 Å². The van der Waals surface area contributed by atoms with E-state index in [1.165, 1.54) is 19.3 Å². The maximum Gasteiger partial charge on any atom is 0.147 e. The molecule has 1 saturated heterocycles. The third-order valence-corrected chi connectivity index (χ3v) is 3.57. The number of hydrogen-bond donors (Lipinski definition) is 1. The molecular formula is C15H17N3. The number of piperidine rings is 1. The number of amidine groups is 1. The number of hydrogen-bond acceptors (Lipinski definition) is 2. The highest BCUT2D eigenvalue weighted by atomic mass is 15.2. The summed E-state index contributed by atoms with van der Waals surface area (Å²) in [5.41, 5.74) is 0.815. The van der Waals surface area contributed by atoms with Gasteiger partial charge < -0.3 is 4.90 Å². The molecule has 0 bridgehead atoms. The molecule has 92 valence electrons. The molecule has 1 aliphatic heterocycles. The van der Waals surface area contributed by atoms with Crippen molar-refractivity contribution in [1.82, 2.24) is 9.88 Å². The second-order valence-electron chi connectivity index (χ2n) is 4.78. The fourth-order valence-corrected chi connectivity index (χ4v) is 2.58. The highest BCUT2D eigenvalue weighted by Crippen LogP contribution is 2.19. The normalized spacial score (nSPS) is 15.9. The standard InChI is InChI=1S/C15H17N3/c16-15(18-10-4-1-5-11-18)14-13-7-3-2-6-12(13)8-9-17-14/h2-3,6-9,16H,1,4-5,10-11H2. The summed E-state index contributed by atoms with van der Waals surface area (Å²) in [6, 6.07) is 10.2. The van der Waals surface area contributed by atoms with E-state index in [9.17, 15) is 0 Å². The third kappa shape index (κ3) is 1.96. The topological polar surface area (TPSA) is 40.0 Å². The molecule has 3 rings (SSSR count). The van der Waals surface area contributed by atoms with Crippen molar-refractivity contribution in [3.63, 3.8) is 0 Å². The number of likely N-dealkylation sites (tertiary alicyclic amines) is 1. The number of aromatic nitrogens is 1. The van der Waals surface area contributed by atoms with E-state index in [-0.39, 0.29) is 0 Å². The molecule has 2 aromatic rings. The van der Waals surface area contributed by atoms with Gasteiger partial charge in [-0.1, -0.05) is 24.3 Å². The van der Waals surface area contributed by atoms with Gasteiger partial charge in [-0.2, -0.15) is 0 Å². The summed E-state index contributed by atoms with van der Waals surface area (Å²) in [5.74, 6) is 0.575. The minimum Gasteiger partial charge on any atom is -0.355 e. The van der Waals surface area contributed by atoms with Gasteiger partial charge in [-0.25, -0.2) is 0 Å². The predicted octanol–water partition coefficient (Wildman–Crippen LogP) is 3.05. The first-order chi connectivity index (χ1) is 8.86. The lowest BCUT2D eigenvalue weighted by atomic mass is 10.1. The monoisotopic (exact) mass is 239 g/mol. The summed E-state index contributed by atoms with van der Waals surface area (Å²) in [6.45, 7) is 1.98. The second kappa shape index (κ2) is 4.77. The van der Waals surface area contributed by atoms with Crippen LogP contribution >= 0.6 is 0 Å². The molecule has 1 N–H and O–H groups in total. The number of fused-ring (bicyclic) bond motifs is 1. The first-order valence-corrected chi connectivity index (χ1v) is 6.54. The van der Waals surface area contributed by atoms with Crippen LogP contribution < -0.4 is 0 Å². The van der Waals surface area contributed by atoms with Crippen LogP contribution in [0.25, 0.3) is 10.8 Å². The Hall–Kier alpha value is -1.90. The first-order valence-electron chi connectivity index (χ1n) is 6.54. The van der Waals surface area contributed by atoms with Crippen LogP contribution in [0.4, 0.5) is 0 Å². The molecule has 1 fully saturated rings. The van der Waals surface area contributed by atoms with Gasteiger partial charge in [0, 0.05) is 24.7 Å². The number of pyridine rings is 1. The number of rotatable bonds is 1. The smallest absolute Gasteiger partial charge is 0.147 e. The fourth-order valence-electron chi connectivity index (χ4n) is 2.58. The zero-order valence-corrected chi connectivity index (χ0v) is 10.4. The maximum absolute atomic E-state index is 8.37. The van der Waals surface area contributed by atoms with Crippen LogP contribution in [0.15, 0.2) is 36.5 Å². The quantitative estimate of drug-likeness (QED) is 0.613. The average molecular weight is 239 g/mol. The Balaban J connectivity index is 2.00. The van der Waals surface area contributed by atoms with Gasteiger partial charge in [0.1, 0.15) is 11.5 Å². The Morgan fingerprint density at radius 2 is 1.83 bits per heavy atom. The van der Waals surface area contributed by atoms with Crippen molar-refractivity contribution in [3.8, 4) is 0 Å². The average Bonchev–Trinajstić information content (AvgIpc) is 2.47. The molecule has 3 nitrogen and oxygen atoms in total. The Morgan fingerprint density at radius 1 is 1.06 bits per heavy atom. The van der Waals surface area contributed by atoms with Gasteiger partial charge in [-0.3, -0.25) is 10.4 Å². The molecule has 1 aromatic carbocycles. The summed E-state index contributed by atoms with van der Waals surface area (Å²) >= 11 is 0. The molecule has 0 spiro atoms. The number of benzene rings is 1. The fraction of sp³-hybridized carbons (Fsp3) is 0.333. The highest BCUT2D eigenvalue weighted by Gasteiger charge is 2.17. The van der Waals surface area contributed by atoms with Crippen molar-refractivity contribution in [2.24, 2.45) is 0 Å². The van der Waals surface area contributed by atoms with Gasteiger partial charge in [0.05, 0.1) is 0 Å². The molecule has 1 aliphatic rings. The predicted molar refractivity (Wildman–Crippen MR) is 74.0 cm³/mol. The van der Waals surface area contributed by atoms with Gasteiger partial charge in [-0.05, 0) is 30.7 Å². The zero-order chi connectivity index (χ0) is 12.4. The lowest BCUT2D eigenvalue weighted by Crippen LogP contribution is -2.36. The summed E-state index contributed by atoms with van der Waals surface area (Å²) in [6.07, 6.45) is 5.46. The van der Waals surface area contributed by atoms with Gasteiger partial charge >= 0.3 is 0 Å².